The maximum atomic E-state index is 3.70. The normalized spacial score (nSPS) is 14.8. The Labute approximate surface area is 125 Å². The number of aryl methyl sites for hydroxylation is 2. The first-order valence-electron chi connectivity index (χ1n) is 7.77. The molecule has 0 aliphatic carbocycles. The SMILES string of the molecule is Cc1cc(C)cc(C(C)NCC(CC(C)C)N(C)C)c1. The summed E-state index contributed by atoms with van der Waals surface area (Å²) in [6.45, 7) is 12.2. The van der Waals surface area contributed by atoms with Gasteiger partial charge in [-0.15, -0.1) is 0 Å². The molecule has 0 heterocycles. The molecule has 20 heavy (non-hydrogen) atoms. The summed E-state index contributed by atoms with van der Waals surface area (Å²) in [5.74, 6) is 0.737. The van der Waals surface area contributed by atoms with E-state index in [1.54, 1.807) is 0 Å². The number of hydrogen-bond acceptors (Lipinski definition) is 2. The summed E-state index contributed by atoms with van der Waals surface area (Å²) in [5, 5.41) is 3.70. The van der Waals surface area contributed by atoms with Crippen LogP contribution in [-0.4, -0.2) is 31.6 Å². The van der Waals surface area contributed by atoms with Crippen molar-refractivity contribution >= 4 is 0 Å². The minimum Gasteiger partial charge on any atom is -0.309 e. The van der Waals surface area contributed by atoms with Gasteiger partial charge in [-0.1, -0.05) is 43.2 Å². The number of hydrogen-bond donors (Lipinski definition) is 1. The quantitative estimate of drug-likeness (QED) is 0.811. The van der Waals surface area contributed by atoms with Gasteiger partial charge in [-0.05, 0) is 52.8 Å². The monoisotopic (exact) mass is 276 g/mol. The Bertz CT molecular complexity index is 390. The molecule has 1 aromatic carbocycles. The van der Waals surface area contributed by atoms with Crippen LogP contribution >= 0.6 is 0 Å². The Kier molecular flexibility index (Phi) is 6.70. The zero-order valence-corrected chi connectivity index (χ0v) is 14.3. The summed E-state index contributed by atoms with van der Waals surface area (Å²) >= 11 is 0. The van der Waals surface area contributed by atoms with Gasteiger partial charge in [-0.3, -0.25) is 0 Å². The highest BCUT2D eigenvalue weighted by atomic mass is 15.1. The Hall–Kier alpha value is -0.860. The molecule has 0 saturated heterocycles. The number of benzene rings is 1. The van der Waals surface area contributed by atoms with Crippen molar-refractivity contribution in [1.82, 2.24) is 10.2 Å². The molecule has 1 aromatic rings. The average molecular weight is 276 g/mol. The molecule has 2 unspecified atom stereocenters. The molecule has 0 spiro atoms. The zero-order chi connectivity index (χ0) is 15.3. The molecule has 0 bridgehead atoms. The molecular formula is C18H32N2. The molecule has 0 radical (unpaired) electrons. The fourth-order valence-corrected chi connectivity index (χ4v) is 2.71. The highest BCUT2D eigenvalue weighted by Gasteiger charge is 2.15. The topological polar surface area (TPSA) is 15.3 Å². The molecule has 2 heteroatoms. The van der Waals surface area contributed by atoms with Gasteiger partial charge >= 0.3 is 0 Å². The van der Waals surface area contributed by atoms with Crippen LogP contribution in [0.4, 0.5) is 0 Å². The van der Waals surface area contributed by atoms with Crippen molar-refractivity contribution in [2.75, 3.05) is 20.6 Å². The van der Waals surface area contributed by atoms with Gasteiger partial charge < -0.3 is 10.2 Å². The van der Waals surface area contributed by atoms with Gasteiger partial charge in [-0.2, -0.15) is 0 Å². The number of rotatable bonds is 7. The van der Waals surface area contributed by atoms with E-state index in [1.165, 1.54) is 23.1 Å². The van der Waals surface area contributed by atoms with Crippen LogP contribution in [0.1, 0.15) is 49.9 Å². The minimum atomic E-state index is 0.406. The number of nitrogens with one attached hydrogen (secondary N) is 1. The van der Waals surface area contributed by atoms with Crippen molar-refractivity contribution < 1.29 is 0 Å². The zero-order valence-electron chi connectivity index (χ0n) is 14.3. The van der Waals surface area contributed by atoms with Gasteiger partial charge in [0.25, 0.3) is 0 Å². The predicted octanol–water partition coefficient (Wildman–Crippen LogP) is 3.93. The number of likely N-dealkylation sites (N-methyl/N-ethyl adjacent to an activating group) is 1. The summed E-state index contributed by atoms with van der Waals surface area (Å²) in [6, 6.07) is 7.82. The summed E-state index contributed by atoms with van der Waals surface area (Å²) in [6.07, 6.45) is 1.24. The first kappa shape index (κ1) is 17.2. The minimum absolute atomic E-state index is 0.406. The largest absolute Gasteiger partial charge is 0.309 e. The van der Waals surface area contributed by atoms with Gasteiger partial charge in [0.05, 0.1) is 0 Å². The fourth-order valence-electron chi connectivity index (χ4n) is 2.71. The lowest BCUT2D eigenvalue weighted by Gasteiger charge is -2.28. The second-order valence-corrected chi connectivity index (χ2v) is 6.80. The van der Waals surface area contributed by atoms with E-state index in [9.17, 15) is 0 Å². The van der Waals surface area contributed by atoms with Crippen LogP contribution in [0.25, 0.3) is 0 Å². The lowest BCUT2D eigenvalue weighted by atomic mass is 10.0. The van der Waals surface area contributed by atoms with Crippen LogP contribution in [0.5, 0.6) is 0 Å². The van der Waals surface area contributed by atoms with E-state index in [0.717, 1.165) is 12.5 Å². The summed E-state index contributed by atoms with van der Waals surface area (Å²) in [7, 11) is 4.35. The molecule has 0 aromatic heterocycles. The Morgan fingerprint density at radius 2 is 1.55 bits per heavy atom. The lowest BCUT2D eigenvalue weighted by molar-refractivity contribution is 0.242. The number of nitrogens with zero attached hydrogens (tertiary/aromatic N) is 1. The second-order valence-electron chi connectivity index (χ2n) is 6.80. The molecule has 0 aliphatic rings. The highest BCUT2D eigenvalue weighted by molar-refractivity contribution is 5.30. The summed E-state index contributed by atoms with van der Waals surface area (Å²) in [5.41, 5.74) is 4.09. The Morgan fingerprint density at radius 3 is 2.00 bits per heavy atom. The Balaban J connectivity index is 2.62. The predicted molar refractivity (Wildman–Crippen MR) is 89.3 cm³/mol. The Morgan fingerprint density at radius 1 is 1.00 bits per heavy atom. The van der Waals surface area contributed by atoms with Crippen molar-refractivity contribution in [3.05, 3.63) is 34.9 Å². The van der Waals surface area contributed by atoms with Crippen LogP contribution in [-0.2, 0) is 0 Å². The molecule has 114 valence electrons. The molecule has 2 nitrogen and oxygen atoms in total. The van der Waals surface area contributed by atoms with Gasteiger partial charge in [0.1, 0.15) is 0 Å². The van der Waals surface area contributed by atoms with E-state index in [-0.39, 0.29) is 0 Å². The van der Waals surface area contributed by atoms with E-state index in [2.05, 4.69) is 77.1 Å². The van der Waals surface area contributed by atoms with Crippen molar-refractivity contribution in [2.45, 2.75) is 53.1 Å². The van der Waals surface area contributed by atoms with Crippen LogP contribution in [0.2, 0.25) is 0 Å². The van der Waals surface area contributed by atoms with Crippen molar-refractivity contribution in [1.29, 1.82) is 0 Å². The van der Waals surface area contributed by atoms with Crippen LogP contribution in [0.15, 0.2) is 18.2 Å². The van der Waals surface area contributed by atoms with Crippen LogP contribution in [0.3, 0.4) is 0 Å². The third-order valence-electron chi connectivity index (χ3n) is 3.88. The first-order chi connectivity index (χ1) is 9.29. The lowest BCUT2D eigenvalue weighted by Crippen LogP contribution is -2.39. The maximum Gasteiger partial charge on any atom is 0.0292 e. The van der Waals surface area contributed by atoms with Crippen molar-refractivity contribution in [3.63, 3.8) is 0 Å². The van der Waals surface area contributed by atoms with E-state index >= 15 is 0 Å². The van der Waals surface area contributed by atoms with Crippen LogP contribution < -0.4 is 5.32 Å². The summed E-state index contributed by atoms with van der Waals surface area (Å²) < 4.78 is 0. The third-order valence-corrected chi connectivity index (χ3v) is 3.88. The fraction of sp³-hybridized carbons (Fsp3) is 0.667. The van der Waals surface area contributed by atoms with E-state index in [4.69, 9.17) is 0 Å². The second kappa shape index (κ2) is 7.80. The summed E-state index contributed by atoms with van der Waals surface area (Å²) in [4.78, 5) is 2.33. The van der Waals surface area contributed by atoms with Gasteiger partial charge in [0.15, 0.2) is 0 Å². The maximum absolute atomic E-state index is 3.70. The van der Waals surface area contributed by atoms with Gasteiger partial charge in [0, 0.05) is 18.6 Å². The molecule has 1 N–H and O–H groups in total. The van der Waals surface area contributed by atoms with Gasteiger partial charge in [-0.25, -0.2) is 0 Å². The van der Waals surface area contributed by atoms with Crippen molar-refractivity contribution in [3.8, 4) is 0 Å². The van der Waals surface area contributed by atoms with Crippen LogP contribution in [0, 0.1) is 19.8 Å². The first-order valence-corrected chi connectivity index (χ1v) is 7.77. The standard InChI is InChI=1S/C18H32N2/c1-13(2)8-18(20(6)7)12-19-16(5)17-10-14(3)9-15(4)11-17/h9-11,13,16,18-19H,8,12H2,1-7H3. The highest BCUT2D eigenvalue weighted by Crippen LogP contribution is 2.17. The molecule has 0 aliphatic heterocycles. The third kappa shape index (κ3) is 5.64. The molecule has 0 fully saturated rings. The van der Waals surface area contributed by atoms with E-state index in [0.29, 0.717) is 12.1 Å². The smallest absolute Gasteiger partial charge is 0.0292 e. The molecular weight excluding hydrogens is 244 g/mol. The molecule has 0 amide bonds. The molecule has 1 rings (SSSR count). The molecule has 2 atom stereocenters. The average Bonchev–Trinajstić information content (AvgIpc) is 2.32. The van der Waals surface area contributed by atoms with Gasteiger partial charge in [0.2, 0.25) is 0 Å². The van der Waals surface area contributed by atoms with E-state index < -0.39 is 0 Å². The van der Waals surface area contributed by atoms with Crippen molar-refractivity contribution in [2.24, 2.45) is 5.92 Å². The van der Waals surface area contributed by atoms with E-state index in [1.807, 2.05) is 0 Å². The molecule has 0 saturated carbocycles.